The van der Waals surface area contributed by atoms with Gasteiger partial charge in [-0.2, -0.15) is 26.3 Å². The molecule has 1 radical (unpaired) electrons. The fraction of sp³-hybridized carbons (Fsp3) is 0.600. The fourth-order valence-electron chi connectivity index (χ4n) is 0.466. The minimum absolute atomic E-state index is 0. The maximum Gasteiger partial charge on any atom is 0.411 e. The molecule has 0 amide bonds. The molecular weight excluding hydrogens is 346 g/mol. The van der Waals surface area contributed by atoms with E-state index in [-0.39, 0.29) is 22.4 Å². The van der Waals surface area contributed by atoms with Crippen molar-refractivity contribution in [3.8, 4) is 0 Å². The van der Waals surface area contributed by atoms with Crippen LogP contribution in [-0.4, -0.2) is 39.9 Å². The van der Waals surface area contributed by atoms with Gasteiger partial charge in [0.25, 0.3) is 0 Å². The SMILES string of the molecule is O=C(O)C(F)(F)C(F)(F)C(F)(F)C(=O)O.[Ag]. The number of aliphatic carboxylic acids is 2. The Balaban J connectivity index is 0. The van der Waals surface area contributed by atoms with Crippen LogP contribution < -0.4 is 0 Å². The molecule has 11 heteroatoms. The summed E-state index contributed by atoms with van der Waals surface area (Å²) >= 11 is 0. The fourth-order valence-corrected chi connectivity index (χ4v) is 0.466. The van der Waals surface area contributed by atoms with Crippen molar-refractivity contribution in [2.75, 3.05) is 0 Å². The van der Waals surface area contributed by atoms with Crippen LogP contribution in [0, 0.1) is 0 Å². The first-order valence-electron chi connectivity index (χ1n) is 2.99. The smallest absolute Gasteiger partial charge is 0.411 e. The third-order valence-corrected chi connectivity index (χ3v) is 1.33. The normalized spacial score (nSPS) is 12.9. The van der Waals surface area contributed by atoms with Crippen molar-refractivity contribution in [1.82, 2.24) is 0 Å². The van der Waals surface area contributed by atoms with E-state index < -0.39 is 29.7 Å². The van der Waals surface area contributed by atoms with E-state index in [1.807, 2.05) is 0 Å². The van der Waals surface area contributed by atoms with Gasteiger partial charge in [-0.15, -0.1) is 0 Å². The number of carboxylic acids is 2. The number of hydrogen-bond acceptors (Lipinski definition) is 2. The Bertz CT molecular complexity index is 275. The monoisotopic (exact) mass is 347 g/mol. The summed E-state index contributed by atoms with van der Waals surface area (Å²) in [5, 5.41) is 15.1. The van der Waals surface area contributed by atoms with Crippen LogP contribution in [0.1, 0.15) is 0 Å². The maximum absolute atomic E-state index is 12.2. The van der Waals surface area contributed by atoms with E-state index in [0.29, 0.717) is 0 Å². The van der Waals surface area contributed by atoms with Gasteiger partial charge in [-0.25, -0.2) is 9.59 Å². The molecule has 0 unspecified atom stereocenters. The Hall–Kier alpha value is -0.740. The molecular formula is C5H2AgF6O4. The van der Waals surface area contributed by atoms with E-state index in [1.165, 1.54) is 0 Å². The molecule has 2 N–H and O–H groups in total. The second-order valence-corrected chi connectivity index (χ2v) is 2.33. The Labute approximate surface area is 98.7 Å². The third kappa shape index (κ3) is 2.33. The Morgan fingerprint density at radius 1 is 0.750 bits per heavy atom. The molecule has 0 fully saturated rings. The molecule has 0 saturated carbocycles. The van der Waals surface area contributed by atoms with Crippen LogP contribution in [0.3, 0.4) is 0 Å². The minimum atomic E-state index is -6.53. The van der Waals surface area contributed by atoms with Crippen molar-refractivity contribution in [3.05, 3.63) is 0 Å². The van der Waals surface area contributed by atoms with E-state index in [0.717, 1.165) is 0 Å². The van der Waals surface area contributed by atoms with Crippen LogP contribution in [0.2, 0.25) is 0 Å². The van der Waals surface area contributed by atoms with Crippen molar-refractivity contribution in [2.24, 2.45) is 0 Å². The van der Waals surface area contributed by atoms with E-state index in [1.54, 1.807) is 0 Å². The number of carboxylic acid groups (broad SMARTS) is 2. The predicted octanol–water partition coefficient (Wildman–Crippen LogP) is 1.06. The summed E-state index contributed by atoms with van der Waals surface area (Å²) in [6, 6.07) is 0. The zero-order valence-electron chi connectivity index (χ0n) is 6.78. The average Bonchev–Trinajstić information content (AvgIpc) is 2.02. The Kier molecular flexibility index (Phi) is 5.11. The van der Waals surface area contributed by atoms with Crippen molar-refractivity contribution >= 4 is 11.9 Å². The molecule has 0 spiro atoms. The van der Waals surface area contributed by atoms with Gasteiger partial charge in [0.1, 0.15) is 0 Å². The first-order chi connectivity index (χ1) is 6.39. The zero-order valence-corrected chi connectivity index (χ0v) is 8.26. The largest absolute Gasteiger partial charge is 0.477 e. The standard InChI is InChI=1S/C5H2F6O4.Ag/c6-3(7,1(12)13)5(10,11)4(8,9)2(14)15;/h(H,12,13)(H,14,15);. The van der Waals surface area contributed by atoms with Gasteiger partial charge >= 0.3 is 29.7 Å². The first-order valence-corrected chi connectivity index (χ1v) is 2.99. The summed E-state index contributed by atoms with van der Waals surface area (Å²) in [4.78, 5) is 19.2. The van der Waals surface area contributed by atoms with Crippen molar-refractivity contribution < 1.29 is 68.5 Å². The van der Waals surface area contributed by atoms with Crippen molar-refractivity contribution in [3.63, 3.8) is 0 Å². The van der Waals surface area contributed by atoms with Crippen molar-refractivity contribution in [2.45, 2.75) is 17.8 Å². The molecule has 16 heavy (non-hydrogen) atoms. The van der Waals surface area contributed by atoms with Crippen LogP contribution >= 0.6 is 0 Å². The summed E-state index contributed by atoms with van der Waals surface area (Å²) in [6.45, 7) is 0. The molecule has 0 aromatic heterocycles. The number of hydrogen-bond donors (Lipinski definition) is 2. The average molecular weight is 348 g/mol. The van der Waals surface area contributed by atoms with Gasteiger partial charge in [0.15, 0.2) is 0 Å². The van der Waals surface area contributed by atoms with E-state index >= 15 is 0 Å². The molecule has 4 nitrogen and oxygen atoms in total. The summed E-state index contributed by atoms with van der Waals surface area (Å²) in [7, 11) is 0. The van der Waals surface area contributed by atoms with Crippen LogP contribution in [-0.2, 0) is 32.0 Å². The molecule has 0 bridgehead atoms. The zero-order chi connectivity index (χ0) is 12.7. The van der Waals surface area contributed by atoms with Gasteiger partial charge in [-0.3, -0.25) is 0 Å². The van der Waals surface area contributed by atoms with Gasteiger partial charge in [-0.1, -0.05) is 0 Å². The number of carbonyl (C=O) groups is 2. The van der Waals surface area contributed by atoms with E-state index in [9.17, 15) is 35.9 Å². The molecule has 0 aliphatic heterocycles. The number of rotatable bonds is 4. The molecule has 0 aliphatic carbocycles. The van der Waals surface area contributed by atoms with Crippen LogP contribution in [0.4, 0.5) is 26.3 Å². The van der Waals surface area contributed by atoms with Crippen molar-refractivity contribution in [1.29, 1.82) is 0 Å². The first kappa shape index (κ1) is 17.6. The second-order valence-electron chi connectivity index (χ2n) is 2.33. The van der Waals surface area contributed by atoms with Gasteiger partial charge in [0.05, 0.1) is 0 Å². The third-order valence-electron chi connectivity index (χ3n) is 1.33. The van der Waals surface area contributed by atoms with Gasteiger partial charge in [0.2, 0.25) is 0 Å². The number of halogens is 6. The topological polar surface area (TPSA) is 74.6 Å². The van der Waals surface area contributed by atoms with Gasteiger partial charge in [0, 0.05) is 22.4 Å². The summed E-state index contributed by atoms with van der Waals surface area (Å²) in [6.07, 6.45) is 0. The molecule has 0 rings (SSSR count). The van der Waals surface area contributed by atoms with Crippen LogP contribution in [0.5, 0.6) is 0 Å². The maximum atomic E-state index is 12.2. The Morgan fingerprint density at radius 3 is 1.06 bits per heavy atom. The molecule has 0 aromatic carbocycles. The molecule has 0 aromatic rings. The quantitative estimate of drug-likeness (QED) is 0.589. The number of alkyl halides is 6. The summed E-state index contributed by atoms with van der Waals surface area (Å²) in [5.74, 6) is -26.0. The molecule has 0 heterocycles. The molecule has 99 valence electrons. The minimum Gasteiger partial charge on any atom is -0.477 e. The predicted molar refractivity (Wildman–Crippen MR) is 30.1 cm³/mol. The second kappa shape index (κ2) is 4.63. The van der Waals surface area contributed by atoms with Gasteiger partial charge in [-0.05, 0) is 0 Å². The van der Waals surface area contributed by atoms with Gasteiger partial charge < -0.3 is 10.2 Å². The van der Waals surface area contributed by atoms with Crippen LogP contribution in [0.15, 0.2) is 0 Å². The molecule has 0 saturated heterocycles. The van der Waals surface area contributed by atoms with Crippen LogP contribution in [0.25, 0.3) is 0 Å². The summed E-state index contributed by atoms with van der Waals surface area (Å²) in [5.41, 5.74) is 0. The van der Waals surface area contributed by atoms with E-state index in [4.69, 9.17) is 10.2 Å². The molecule has 0 aliphatic rings. The van der Waals surface area contributed by atoms with E-state index in [2.05, 4.69) is 0 Å². The molecule has 0 atom stereocenters. The Morgan fingerprint density at radius 2 is 0.938 bits per heavy atom. The summed E-state index contributed by atoms with van der Waals surface area (Å²) < 4.78 is 72.8.